The van der Waals surface area contributed by atoms with Crippen LogP contribution in [-0.4, -0.2) is 11.5 Å². The van der Waals surface area contributed by atoms with Gasteiger partial charge in [-0.05, 0) is 48.4 Å². The van der Waals surface area contributed by atoms with Crippen LogP contribution >= 0.6 is 23.2 Å². The summed E-state index contributed by atoms with van der Waals surface area (Å²) in [5.41, 5.74) is 3.63. The number of benzene rings is 2. The van der Waals surface area contributed by atoms with Crippen LogP contribution in [0.3, 0.4) is 0 Å². The molecule has 21 heavy (non-hydrogen) atoms. The van der Waals surface area contributed by atoms with Crippen molar-refractivity contribution in [1.29, 1.82) is 0 Å². The summed E-state index contributed by atoms with van der Waals surface area (Å²) in [5, 5.41) is 6.08. The highest BCUT2D eigenvalue weighted by Crippen LogP contribution is 2.19. The molecule has 3 aromatic rings. The van der Waals surface area contributed by atoms with Crippen molar-refractivity contribution in [2.24, 2.45) is 0 Å². The molecule has 0 radical (unpaired) electrons. The summed E-state index contributed by atoms with van der Waals surface area (Å²) >= 11 is 12.0. The molecule has 108 valence electrons. The van der Waals surface area contributed by atoms with Crippen molar-refractivity contribution in [1.82, 2.24) is 10.3 Å². The van der Waals surface area contributed by atoms with Crippen LogP contribution in [0.15, 0.2) is 48.7 Å². The van der Waals surface area contributed by atoms with E-state index in [1.54, 1.807) is 6.07 Å². The van der Waals surface area contributed by atoms with Gasteiger partial charge < -0.3 is 10.3 Å². The summed E-state index contributed by atoms with van der Waals surface area (Å²) in [6, 6.07) is 14.0. The van der Waals surface area contributed by atoms with Crippen LogP contribution in [0.1, 0.15) is 11.1 Å². The zero-order valence-corrected chi connectivity index (χ0v) is 13.0. The minimum Gasteiger partial charge on any atom is -0.361 e. The first kappa shape index (κ1) is 14.5. The molecule has 2 aromatic carbocycles. The fourth-order valence-electron chi connectivity index (χ4n) is 2.51. The van der Waals surface area contributed by atoms with Gasteiger partial charge in [0.2, 0.25) is 0 Å². The van der Waals surface area contributed by atoms with Gasteiger partial charge in [-0.3, -0.25) is 0 Å². The first-order chi connectivity index (χ1) is 10.2. The third kappa shape index (κ3) is 3.59. The molecule has 0 aliphatic heterocycles. The number of H-pyrrole nitrogens is 1. The molecule has 2 N–H and O–H groups in total. The topological polar surface area (TPSA) is 27.8 Å². The number of para-hydroxylation sites is 1. The molecular weight excluding hydrogens is 303 g/mol. The maximum Gasteiger partial charge on any atom is 0.0456 e. The number of halogens is 2. The highest BCUT2D eigenvalue weighted by Gasteiger charge is 2.03. The summed E-state index contributed by atoms with van der Waals surface area (Å²) in [7, 11) is 0. The lowest BCUT2D eigenvalue weighted by molar-refractivity contribution is 0.688. The van der Waals surface area contributed by atoms with Crippen LogP contribution in [0.2, 0.25) is 10.0 Å². The zero-order chi connectivity index (χ0) is 14.7. The quantitative estimate of drug-likeness (QED) is 0.649. The summed E-state index contributed by atoms with van der Waals surface area (Å²) in [6.07, 6.45) is 3.07. The number of hydrogen-bond acceptors (Lipinski definition) is 1. The molecule has 0 fully saturated rings. The maximum atomic E-state index is 5.99. The lowest BCUT2D eigenvalue weighted by Gasteiger charge is -2.06. The average Bonchev–Trinajstić information content (AvgIpc) is 2.86. The number of nitrogens with one attached hydrogen (secondary N) is 2. The van der Waals surface area contributed by atoms with E-state index in [1.165, 1.54) is 16.5 Å². The van der Waals surface area contributed by atoms with Crippen molar-refractivity contribution in [3.05, 3.63) is 69.8 Å². The Balaban J connectivity index is 1.56. The largest absolute Gasteiger partial charge is 0.361 e. The van der Waals surface area contributed by atoms with Gasteiger partial charge in [-0.1, -0.05) is 41.4 Å². The van der Waals surface area contributed by atoms with Gasteiger partial charge in [0, 0.05) is 33.7 Å². The van der Waals surface area contributed by atoms with E-state index in [9.17, 15) is 0 Å². The molecule has 0 bridgehead atoms. The van der Waals surface area contributed by atoms with Crippen molar-refractivity contribution in [3.8, 4) is 0 Å². The molecule has 0 atom stereocenters. The number of aromatic nitrogens is 1. The maximum absolute atomic E-state index is 5.99. The molecule has 0 aliphatic carbocycles. The summed E-state index contributed by atoms with van der Waals surface area (Å²) in [4.78, 5) is 3.30. The Hall–Kier alpha value is -1.48. The number of hydrogen-bond donors (Lipinski definition) is 2. The van der Waals surface area contributed by atoms with E-state index in [1.807, 2.05) is 18.2 Å². The molecule has 0 saturated carbocycles. The molecule has 1 heterocycles. The number of fused-ring (bicyclic) bond motifs is 1. The van der Waals surface area contributed by atoms with Crippen molar-refractivity contribution in [2.45, 2.75) is 13.0 Å². The van der Waals surface area contributed by atoms with Crippen LogP contribution in [0.5, 0.6) is 0 Å². The van der Waals surface area contributed by atoms with Crippen LogP contribution in [0.4, 0.5) is 0 Å². The summed E-state index contributed by atoms with van der Waals surface area (Å²) in [5.74, 6) is 0. The monoisotopic (exact) mass is 318 g/mol. The molecule has 0 spiro atoms. The predicted octanol–water partition coefficient (Wildman–Crippen LogP) is 4.81. The second-order valence-electron chi connectivity index (χ2n) is 5.06. The fraction of sp³-hybridized carbons (Fsp3) is 0.176. The Bertz CT molecular complexity index is 729. The third-order valence-electron chi connectivity index (χ3n) is 3.50. The number of aromatic amines is 1. The molecular formula is C17H16Cl2N2. The average molecular weight is 319 g/mol. The zero-order valence-electron chi connectivity index (χ0n) is 11.5. The molecule has 1 aromatic heterocycles. The molecule has 0 amide bonds. The Kier molecular flexibility index (Phi) is 4.49. The standard InChI is InChI=1S/C17H16Cl2N2/c18-14-7-12(8-15(19)9-14)10-20-6-5-13-11-21-17-4-2-1-3-16(13)17/h1-4,7-9,11,20-21H,5-6,10H2. The first-order valence-corrected chi connectivity index (χ1v) is 7.68. The second kappa shape index (κ2) is 6.52. The minimum atomic E-state index is 0.677. The Labute approximate surface area is 134 Å². The summed E-state index contributed by atoms with van der Waals surface area (Å²) in [6.45, 7) is 1.68. The predicted molar refractivity (Wildman–Crippen MR) is 90.2 cm³/mol. The van der Waals surface area contributed by atoms with Gasteiger partial charge in [0.25, 0.3) is 0 Å². The van der Waals surface area contributed by atoms with Gasteiger partial charge in [-0.15, -0.1) is 0 Å². The van der Waals surface area contributed by atoms with Gasteiger partial charge in [0.15, 0.2) is 0 Å². The molecule has 0 unspecified atom stereocenters. The Morgan fingerprint density at radius 2 is 1.76 bits per heavy atom. The minimum absolute atomic E-state index is 0.677. The number of rotatable bonds is 5. The molecule has 0 aliphatic rings. The van der Waals surface area contributed by atoms with E-state index in [-0.39, 0.29) is 0 Å². The third-order valence-corrected chi connectivity index (χ3v) is 3.93. The molecule has 3 rings (SSSR count). The van der Waals surface area contributed by atoms with E-state index in [4.69, 9.17) is 23.2 Å². The van der Waals surface area contributed by atoms with Gasteiger partial charge in [0.05, 0.1) is 0 Å². The van der Waals surface area contributed by atoms with Crippen LogP contribution < -0.4 is 5.32 Å². The normalized spacial score (nSPS) is 11.1. The van der Waals surface area contributed by atoms with Crippen molar-refractivity contribution in [2.75, 3.05) is 6.54 Å². The SMILES string of the molecule is Clc1cc(Cl)cc(CNCCc2c[nH]c3ccccc23)c1. The lowest BCUT2D eigenvalue weighted by atomic mass is 10.1. The van der Waals surface area contributed by atoms with Gasteiger partial charge in [0.1, 0.15) is 0 Å². The van der Waals surface area contributed by atoms with Crippen molar-refractivity contribution in [3.63, 3.8) is 0 Å². The van der Waals surface area contributed by atoms with Crippen molar-refractivity contribution < 1.29 is 0 Å². The van der Waals surface area contributed by atoms with Gasteiger partial charge in [-0.2, -0.15) is 0 Å². The smallest absolute Gasteiger partial charge is 0.0456 e. The van der Waals surface area contributed by atoms with E-state index >= 15 is 0 Å². The first-order valence-electron chi connectivity index (χ1n) is 6.93. The van der Waals surface area contributed by atoms with E-state index in [0.717, 1.165) is 25.1 Å². The highest BCUT2D eigenvalue weighted by molar-refractivity contribution is 6.34. The Morgan fingerprint density at radius 1 is 1.00 bits per heavy atom. The summed E-state index contributed by atoms with van der Waals surface area (Å²) < 4.78 is 0. The van der Waals surface area contributed by atoms with Crippen LogP contribution in [0.25, 0.3) is 10.9 Å². The van der Waals surface area contributed by atoms with Gasteiger partial charge in [-0.25, -0.2) is 0 Å². The van der Waals surface area contributed by atoms with Crippen LogP contribution in [-0.2, 0) is 13.0 Å². The Morgan fingerprint density at radius 3 is 2.57 bits per heavy atom. The molecule has 2 nitrogen and oxygen atoms in total. The van der Waals surface area contributed by atoms with Crippen molar-refractivity contribution >= 4 is 34.1 Å². The molecule has 4 heteroatoms. The lowest BCUT2D eigenvalue weighted by Crippen LogP contribution is -2.16. The molecule has 0 saturated heterocycles. The fourth-order valence-corrected chi connectivity index (χ4v) is 3.08. The van der Waals surface area contributed by atoms with E-state index in [2.05, 4.69) is 34.7 Å². The highest BCUT2D eigenvalue weighted by atomic mass is 35.5. The van der Waals surface area contributed by atoms with E-state index in [0.29, 0.717) is 10.0 Å². The van der Waals surface area contributed by atoms with Gasteiger partial charge >= 0.3 is 0 Å². The second-order valence-corrected chi connectivity index (χ2v) is 5.94. The van der Waals surface area contributed by atoms with E-state index < -0.39 is 0 Å². The van der Waals surface area contributed by atoms with Crippen LogP contribution in [0, 0.1) is 0 Å².